The maximum atomic E-state index is 10.8. The molecule has 1 unspecified atom stereocenters. The zero-order valence-corrected chi connectivity index (χ0v) is 11.0. The molecule has 106 valence electrons. The van der Waals surface area contributed by atoms with Gasteiger partial charge >= 0.3 is 11.9 Å². The Hall–Kier alpha value is -2.11. The SMILES string of the molecule is CC1(C(=O)O)C=CC=C(C(=O)O)C1.CCCC(N)=O. The van der Waals surface area contributed by atoms with E-state index in [1.807, 2.05) is 6.92 Å². The van der Waals surface area contributed by atoms with Crippen molar-refractivity contribution >= 4 is 17.8 Å². The van der Waals surface area contributed by atoms with Crippen molar-refractivity contribution in [2.45, 2.75) is 33.1 Å². The number of carbonyl (C=O) groups excluding carboxylic acids is 1. The first-order valence-corrected chi connectivity index (χ1v) is 5.86. The van der Waals surface area contributed by atoms with E-state index in [0.717, 1.165) is 6.42 Å². The van der Waals surface area contributed by atoms with Gasteiger partial charge in [-0.3, -0.25) is 9.59 Å². The van der Waals surface area contributed by atoms with Gasteiger partial charge in [-0.15, -0.1) is 0 Å². The van der Waals surface area contributed by atoms with Gasteiger partial charge < -0.3 is 15.9 Å². The maximum Gasteiger partial charge on any atom is 0.331 e. The van der Waals surface area contributed by atoms with Crippen molar-refractivity contribution in [3.05, 3.63) is 23.8 Å². The summed E-state index contributed by atoms with van der Waals surface area (Å²) in [6, 6.07) is 0. The number of allylic oxidation sites excluding steroid dienone is 2. The highest BCUT2D eigenvalue weighted by Gasteiger charge is 2.34. The first-order chi connectivity index (χ1) is 8.73. The molecule has 0 radical (unpaired) electrons. The van der Waals surface area contributed by atoms with Crippen LogP contribution in [-0.4, -0.2) is 28.1 Å². The summed E-state index contributed by atoms with van der Waals surface area (Å²) >= 11 is 0. The Labute approximate surface area is 111 Å². The minimum Gasteiger partial charge on any atom is -0.481 e. The molecule has 1 rings (SSSR count). The fraction of sp³-hybridized carbons (Fsp3) is 0.462. The first-order valence-electron chi connectivity index (χ1n) is 5.86. The molecule has 4 N–H and O–H groups in total. The Balaban J connectivity index is 0.000000459. The van der Waals surface area contributed by atoms with Gasteiger partial charge in [0.25, 0.3) is 0 Å². The van der Waals surface area contributed by atoms with Crippen LogP contribution in [0, 0.1) is 5.41 Å². The maximum absolute atomic E-state index is 10.8. The van der Waals surface area contributed by atoms with Crippen molar-refractivity contribution in [2.75, 3.05) is 0 Å². The fourth-order valence-electron chi connectivity index (χ4n) is 1.43. The molecule has 1 aliphatic rings. The molecule has 6 nitrogen and oxygen atoms in total. The molecule has 0 saturated heterocycles. The number of nitrogens with two attached hydrogens (primary N) is 1. The van der Waals surface area contributed by atoms with Crippen LogP contribution < -0.4 is 5.73 Å². The third kappa shape index (κ3) is 5.85. The molecule has 0 heterocycles. The Morgan fingerprint density at radius 3 is 2.26 bits per heavy atom. The summed E-state index contributed by atoms with van der Waals surface area (Å²) in [4.78, 5) is 31.2. The molecule has 0 bridgehead atoms. The number of carboxylic acids is 2. The summed E-state index contributed by atoms with van der Waals surface area (Å²) in [5, 5.41) is 17.5. The van der Waals surface area contributed by atoms with Gasteiger partial charge in [-0.1, -0.05) is 25.2 Å². The van der Waals surface area contributed by atoms with Crippen LogP contribution in [0.15, 0.2) is 23.8 Å². The summed E-state index contributed by atoms with van der Waals surface area (Å²) in [7, 11) is 0. The number of carboxylic acid groups (broad SMARTS) is 2. The highest BCUT2D eigenvalue weighted by Crippen LogP contribution is 2.31. The third-order valence-electron chi connectivity index (χ3n) is 2.58. The smallest absolute Gasteiger partial charge is 0.331 e. The Morgan fingerprint density at radius 1 is 1.37 bits per heavy atom. The van der Waals surface area contributed by atoms with E-state index in [1.54, 1.807) is 0 Å². The second kappa shape index (κ2) is 7.35. The van der Waals surface area contributed by atoms with Gasteiger partial charge in [-0.05, 0) is 19.8 Å². The lowest BCUT2D eigenvalue weighted by molar-refractivity contribution is -0.145. The van der Waals surface area contributed by atoms with Gasteiger partial charge in [0.15, 0.2) is 0 Å². The van der Waals surface area contributed by atoms with Gasteiger partial charge in [0.2, 0.25) is 5.91 Å². The topological polar surface area (TPSA) is 118 Å². The van der Waals surface area contributed by atoms with E-state index in [-0.39, 0.29) is 17.9 Å². The van der Waals surface area contributed by atoms with Crippen LogP contribution in [0.1, 0.15) is 33.1 Å². The van der Waals surface area contributed by atoms with E-state index in [4.69, 9.17) is 15.9 Å². The Kier molecular flexibility index (Phi) is 6.54. The number of rotatable bonds is 4. The largest absolute Gasteiger partial charge is 0.481 e. The standard InChI is InChI=1S/C9H10O4.C4H9NO/c1-9(8(12)13)4-2-3-6(5-9)7(10)11;1-2-3-4(5)6/h2-4H,5H2,1H3,(H,10,11)(H,12,13);2-3H2,1H3,(H2,5,6). The van der Waals surface area contributed by atoms with Gasteiger partial charge in [0, 0.05) is 12.0 Å². The second-order valence-corrected chi connectivity index (χ2v) is 4.47. The van der Waals surface area contributed by atoms with Gasteiger partial charge in [-0.2, -0.15) is 0 Å². The lowest BCUT2D eigenvalue weighted by Gasteiger charge is -2.23. The quantitative estimate of drug-likeness (QED) is 0.711. The zero-order valence-electron chi connectivity index (χ0n) is 11.0. The molecule has 1 aliphatic carbocycles. The summed E-state index contributed by atoms with van der Waals surface area (Å²) < 4.78 is 0. The molecule has 0 aromatic heterocycles. The van der Waals surface area contributed by atoms with Crippen LogP contribution in [0.4, 0.5) is 0 Å². The van der Waals surface area contributed by atoms with Crippen LogP contribution in [0.25, 0.3) is 0 Å². The number of hydrogen-bond acceptors (Lipinski definition) is 3. The minimum absolute atomic E-state index is 0.0359. The molecular formula is C13H19NO5. The lowest BCUT2D eigenvalue weighted by atomic mass is 9.80. The minimum atomic E-state index is -1.08. The molecule has 6 heteroatoms. The van der Waals surface area contributed by atoms with Crippen LogP contribution in [0.2, 0.25) is 0 Å². The van der Waals surface area contributed by atoms with E-state index in [9.17, 15) is 14.4 Å². The van der Waals surface area contributed by atoms with E-state index in [1.165, 1.54) is 25.2 Å². The highest BCUT2D eigenvalue weighted by molar-refractivity contribution is 5.90. The average Bonchev–Trinajstić information content (AvgIpc) is 2.29. The summed E-state index contributed by atoms with van der Waals surface area (Å²) in [6.07, 6.45) is 5.80. The van der Waals surface area contributed by atoms with Crippen molar-refractivity contribution < 1.29 is 24.6 Å². The monoisotopic (exact) mass is 269 g/mol. The fourth-order valence-corrected chi connectivity index (χ4v) is 1.43. The molecular weight excluding hydrogens is 250 g/mol. The summed E-state index contributed by atoms with van der Waals surface area (Å²) in [5.41, 5.74) is 3.82. The summed E-state index contributed by atoms with van der Waals surface area (Å²) in [6.45, 7) is 3.42. The summed E-state index contributed by atoms with van der Waals surface area (Å²) in [5.74, 6) is -2.27. The first kappa shape index (κ1) is 16.9. The molecule has 1 amide bonds. The molecule has 0 saturated carbocycles. The normalized spacial score (nSPS) is 20.8. The highest BCUT2D eigenvalue weighted by atomic mass is 16.4. The molecule has 0 aliphatic heterocycles. The van der Waals surface area contributed by atoms with Gasteiger partial charge in [-0.25, -0.2) is 4.79 Å². The van der Waals surface area contributed by atoms with Crippen molar-refractivity contribution in [1.29, 1.82) is 0 Å². The zero-order chi connectivity index (χ0) is 15.1. The van der Waals surface area contributed by atoms with Crippen molar-refractivity contribution in [3.8, 4) is 0 Å². The number of aliphatic carboxylic acids is 2. The third-order valence-corrected chi connectivity index (χ3v) is 2.58. The number of amides is 1. The van der Waals surface area contributed by atoms with Crippen LogP contribution >= 0.6 is 0 Å². The van der Waals surface area contributed by atoms with Crippen LogP contribution in [-0.2, 0) is 14.4 Å². The van der Waals surface area contributed by atoms with E-state index in [0.29, 0.717) is 6.42 Å². The predicted molar refractivity (Wildman–Crippen MR) is 69.3 cm³/mol. The van der Waals surface area contributed by atoms with E-state index in [2.05, 4.69) is 0 Å². The van der Waals surface area contributed by atoms with Crippen LogP contribution in [0.3, 0.4) is 0 Å². The Bertz CT molecular complexity index is 425. The average molecular weight is 269 g/mol. The molecule has 1 atom stereocenters. The van der Waals surface area contributed by atoms with Crippen molar-refractivity contribution in [3.63, 3.8) is 0 Å². The van der Waals surface area contributed by atoms with E-state index >= 15 is 0 Å². The van der Waals surface area contributed by atoms with Gasteiger partial charge in [0.05, 0.1) is 5.41 Å². The molecule has 0 fully saturated rings. The van der Waals surface area contributed by atoms with Gasteiger partial charge in [0.1, 0.15) is 0 Å². The lowest BCUT2D eigenvalue weighted by Crippen LogP contribution is -2.28. The van der Waals surface area contributed by atoms with Crippen molar-refractivity contribution in [2.24, 2.45) is 11.1 Å². The number of hydrogen-bond donors (Lipinski definition) is 3. The second-order valence-electron chi connectivity index (χ2n) is 4.47. The van der Waals surface area contributed by atoms with Crippen LogP contribution in [0.5, 0.6) is 0 Å². The van der Waals surface area contributed by atoms with E-state index < -0.39 is 17.4 Å². The number of carbonyl (C=O) groups is 3. The molecule has 0 aromatic rings. The molecule has 19 heavy (non-hydrogen) atoms. The number of primary amides is 1. The molecule has 0 aromatic carbocycles. The molecule has 0 spiro atoms. The Morgan fingerprint density at radius 2 is 1.95 bits per heavy atom. The predicted octanol–water partition coefficient (Wildman–Crippen LogP) is 1.32. The van der Waals surface area contributed by atoms with Crippen molar-refractivity contribution in [1.82, 2.24) is 0 Å².